The number of hydrazine groups is 1. The number of nitrogens with zero attached hydrogens (tertiary/aromatic N) is 3. The molecule has 1 aliphatic rings. The number of nitrogen functional groups attached to an aromatic ring is 1. The first kappa shape index (κ1) is 15.5. The summed E-state index contributed by atoms with van der Waals surface area (Å²) in [5.74, 6) is -0.218. The lowest BCUT2D eigenvalue weighted by Crippen LogP contribution is -2.29. The van der Waals surface area contributed by atoms with Crippen LogP contribution in [0.15, 0.2) is 28.7 Å². The highest BCUT2D eigenvalue weighted by Crippen LogP contribution is 2.36. The highest BCUT2D eigenvalue weighted by Gasteiger charge is 2.28. The van der Waals surface area contributed by atoms with Gasteiger partial charge in [-0.15, -0.1) is 0 Å². The summed E-state index contributed by atoms with van der Waals surface area (Å²) >= 11 is 1.34. The Kier molecular flexibility index (Phi) is 4.31. The minimum atomic E-state index is -0.582. The summed E-state index contributed by atoms with van der Waals surface area (Å²) < 4.78 is 1.94. The molecule has 0 aromatic heterocycles. The van der Waals surface area contributed by atoms with Gasteiger partial charge < -0.3 is 5.73 Å². The van der Waals surface area contributed by atoms with Crippen LogP contribution in [0.25, 0.3) is 0 Å². The van der Waals surface area contributed by atoms with Crippen LogP contribution in [0, 0.1) is 10.1 Å². The molecular formula is C13H16N4O3S. The zero-order valence-electron chi connectivity index (χ0n) is 12.0. The van der Waals surface area contributed by atoms with E-state index in [0.717, 1.165) is 5.57 Å². The highest BCUT2D eigenvalue weighted by atomic mass is 32.2. The van der Waals surface area contributed by atoms with Gasteiger partial charge in [0.1, 0.15) is 5.69 Å². The molecule has 0 bridgehead atoms. The number of carbonyl (C=O) groups excluding carboxylic acids is 1. The lowest BCUT2D eigenvalue weighted by molar-refractivity contribution is -0.383. The second kappa shape index (κ2) is 5.84. The van der Waals surface area contributed by atoms with Crippen molar-refractivity contribution in [1.82, 2.24) is 9.42 Å². The standard InChI is InChI=1S/C13H16N4O3S/c1-8-7-16(15(2)3)21-13(8)12(18)9-4-5-10(14)11(6-9)17(19)20/h4-6H,7,14H2,1-3H3. The third kappa shape index (κ3) is 3.07. The molecule has 1 aliphatic heterocycles. The predicted octanol–water partition coefficient (Wildman–Crippen LogP) is 2.07. The van der Waals surface area contributed by atoms with Gasteiger partial charge in [0.25, 0.3) is 5.69 Å². The van der Waals surface area contributed by atoms with Crippen LogP contribution in [0.4, 0.5) is 11.4 Å². The smallest absolute Gasteiger partial charge is 0.292 e. The molecular weight excluding hydrogens is 292 g/mol. The first-order valence-electron chi connectivity index (χ1n) is 6.22. The van der Waals surface area contributed by atoms with Gasteiger partial charge in [-0.25, -0.2) is 5.01 Å². The number of hydrogen-bond acceptors (Lipinski definition) is 7. The number of allylic oxidation sites excluding steroid dienone is 1. The fraction of sp³-hybridized carbons (Fsp3) is 0.308. The fourth-order valence-corrected chi connectivity index (χ4v) is 2.98. The number of rotatable bonds is 4. The van der Waals surface area contributed by atoms with E-state index >= 15 is 0 Å². The molecule has 0 saturated heterocycles. The van der Waals surface area contributed by atoms with Crippen LogP contribution in [-0.2, 0) is 0 Å². The largest absolute Gasteiger partial charge is 0.393 e. The number of anilines is 1. The van der Waals surface area contributed by atoms with Crippen LogP contribution in [0.1, 0.15) is 17.3 Å². The minimum absolute atomic E-state index is 0.0521. The molecule has 0 saturated carbocycles. The van der Waals surface area contributed by atoms with Gasteiger partial charge in [0.15, 0.2) is 0 Å². The summed E-state index contributed by atoms with van der Waals surface area (Å²) in [6.07, 6.45) is 0. The average molecular weight is 308 g/mol. The Hall–Kier alpha value is -1.90. The van der Waals surface area contributed by atoms with E-state index in [-0.39, 0.29) is 22.7 Å². The summed E-state index contributed by atoms with van der Waals surface area (Å²) in [5.41, 5.74) is 6.58. The normalized spacial score (nSPS) is 15.8. The maximum atomic E-state index is 12.5. The van der Waals surface area contributed by atoms with Crippen LogP contribution >= 0.6 is 11.9 Å². The molecule has 0 fully saturated rings. The molecule has 0 aliphatic carbocycles. The van der Waals surface area contributed by atoms with Crippen LogP contribution in [0.5, 0.6) is 0 Å². The molecule has 112 valence electrons. The molecule has 0 radical (unpaired) electrons. The van der Waals surface area contributed by atoms with E-state index < -0.39 is 4.92 Å². The summed E-state index contributed by atoms with van der Waals surface area (Å²) in [6, 6.07) is 4.14. The lowest BCUT2D eigenvalue weighted by atomic mass is 10.1. The van der Waals surface area contributed by atoms with Gasteiger partial charge in [0, 0.05) is 32.3 Å². The van der Waals surface area contributed by atoms with Crippen molar-refractivity contribution in [3.8, 4) is 0 Å². The monoisotopic (exact) mass is 308 g/mol. The number of carbonyl (C=O) groups is 1. The Morgan fingerprint density at radius 2 is 2.14 bits per heavy atom. The molecule has 1 heterocycles. The van der Waals surface area contributed by atoms with Crippen LogP contribution in [0.3, 0.4) is 0 Å². The Labute approximate surface area is 126 Å². The Bertz CT molecular complexity index is 642. The first-order chi connectivity index (χ1) is 9.81. The lowest BCUT2D eigenvalue weighted by Gasteiger charge is -2.21. The molecule has 2 N–H and O–H groups in total. The second-order valence-corrected chi connectivity index (χ2v) is 5.93. The summed E-state index contributed by atoms with van der Waals surface area (Å²) in [6.45, 7) is 2.53. The van der Waals surface area contributed by atoms with Crippen molar-refractivity contribution < 1.29 is 9.72 Å². The Balaban J connectivity index is 2.31. The quantitative estimate of drug-likeness (QED) is 0.299. The third-order valence-electron chi connectivity index (χ3n) is 3.10. The zero-order chi connectivity index (χ0) is 15.7. The van der Waals surface area contributed by atoms with Gasteiger partial charge in [-0.2, -0.15) is 4.41 Å². The number of nitrogens with two attached hydrogens (primary N) is 1. The highest BCUT2D eigenvalue weighted by molar-refractivity contribution is 8.02. The number of Topliss-reactive ketones (excluding diaryl/α,β-unsaturated/α-hetero) is 1. The Morgan fingerprint density at radius 1 is 1.48 bits per heavy atom. The maximum Gasteiger partial charge on any atom is 0.292 e. The zero-order valence-corrected chi connectivity index (χ0v) is 12.8. The minimum Gasteiger partial charge on any atom is -0.393 e. The molecule has 1 aromatic rings. The van der Waals surface area contributed by atoms with Crippen LogP contribution in [0.2, 0.25) is 0 Å². The number of nitro groups is 1. The number of nitro benzene ring substituents is 1. The molecule has 2 rings (SSSR count). The second-order valence-electron chi connectivity index (χ2n) is 4.92. The van der Waals surface area contributed by atoms with Crippen LogP contribution in [-0.4, -0.2) is 40.8 Å². The van der Waals surface area contributed by atoms with Crippen molar-refractivity contribution in [3.05, 3.63) is 44.4 Å². The van der Waals surface area contributed by atoms with E-state index in [0.29, 0.717) is 11.4 Å². The van der Waals surface area contributed by atoms with Crippen molar-refractivity contribution >= 4 is 29.1 Å². The molecule has 0 unspecified atom stereocenters. The molecule has 7 nitrogen and oxygen atoms in total. The number of hydrogen-bond donors (Lipinski definition) is 1. The summed E-state index contributed by atoms with van der Waals surface area (Å²) in [5, 5.41) is 12.8. The predicted molar refractivity (Wildman–Crippen MR) is 82.5 cm³/mol. The van der Waals surface area contributed by atoms with E-state index in [1.165, 1.54) is 30.1 Å². The molecule has 21 heavy (non-hydrogen) atoms. The van der Waals surface area contributed by atoms with Crippen molar-refractivity contribution in [3.63, 3.8) is 0 Å². The van der Waals surface area contributed by atoms with Gasteiger partial charge in [0.2, 0.25) is 5.78 Å². The van der Waals surface area contributed by atoms with E-state index in [4.69, 9.17) is 5.73 Å². The average Bonchev–Trinajstić information content (AvgIpc) is 2.80. The number of ketones is 1. The van der Waals surface area contributed by atoms with Crippen molar-refractivity contribution in [1.29, 1.82) is 0 Å². The molecule has 8 heteroatoms. The molecule has 0 atom stereocenters. The van der Waals surface area contributed by atoms with Gasteiger partial charge in [-0.1, -0.05) is 0 Å². The first-order valence-corrected chi connectivity index (χ1v) is 6.99. The van der Waals surface area contributed by atoms with Gasteiger partial charge in [0.05, 0.1) is 9.83 Å². The van der Waals surface area contributed by atoms with Gasteiger partial charge in [-0.3, -0.25) is 14.9 Å². The van der Waals surface area contributed by atoms with Crippen molar-refractivity contribution in [2.75, 3.05) is 26.4 Å². The molecule has 0 spiro atoms. The topological polar surface area (TPSA) is 92.7 Å². The van der Waals surface area contributed by atoms with E-state index in [1.54, 1.807) is 0 Å². The summed E-state index contributed by atoms with van der Waals surface area (Å²) in [4.78, 5) is 23.4. The van der Waals surface area contributed by atoms with Crippen molar-refractivity contribution in [2.24, 2.45) is 0 Å². The molecule has 0 amide bonds. The SMILES string of the molecule is CC1=C(C(=O)c2ccc(N)c([N+](=O)[O-])c2)SN(N(C)C)C1. The van der Waals surface area contributed by atoms with Gasteiger partial charge >= 0.3 is 0 Å². The fourth-order valence-electron chi connectivity index (χ4n) is 1.92. The number of benzene rings is 1. The van der Waals surface area contributed by atoms with E-state index in [2.05, 4.69) is 0 Å². The molecule has 1 aromatic carbocycles. The van der Waals surface area contributed by atoms with Crippen molar-refractivity contribution in [2.45, 2.75) is 6.92 Å². The maximum absolute atomic E-state index is 12.5. The van der Waals surface area contributed by atoms with Gasteiger partial charge in [-0.05, 0) is 36.6 Å². The van der Waals surface area contributed by atoms with E-state index in [9.17, 15) is 14.9 Å². The Morgan fingerprint density at radius 3 is 2.67 bits per heavy atom. The van der Waals surface area contributed by atoms with E-state index in [1.807, 2.05) is 30.4 Å². The summed E-state index contributed by atoms with van der Waals surface area (Å²) in [7, 11) is 3.78. The third-order valence-corrected chi connectivity index (χ3v) is 4.48. The van der Waals surface area contributed by atoms with Crippen LogP contribution < -0.4 is 5.73 Å².